The van der Waals surface area contributed by atoms with E-state index in [0.29, 0.717) is 54.4 Å². The highest BCUT2D eigenvalue weighted by Crippen LogP contribution is 2.41. The fraction of sp³-hybridized carbons (Fsp3) is 0.300. The van der Waals surface area contributed by atoms with E-state index in [2.05, 4.69) is 15.4 Å². The van der Waals surface area contributed by atoms with Gasteiger partial charge in [0.2, 0.25) is 0 Å². The predicted molar refractivity (Wildman–Crippen MR) is 119 cm³/mol. The van der Waals surface area contributed by atoms with Crippen molar-refractivity contribution in [3.05, 3.63) is 39.8 Å². The fourth-order valence-electron chi connectivity index (χ4n) is 3.80. The molecule has 0 radical (unpaired) electrons. The molecule has 7 N–H and O–H groups in total. The number of rotatable bonds is 7. The van der Waals surface area contributed by atoms with Crippen molar-refractivity contribution in [3.63, 3.8) is 0 Å². The molecule has 10 heteroatoms. The normalized spacial score (nSPS) is 12.3. The zero-order chi connectivity index (χ0) is 20.5. The number of aromatic amines is 1. The van der Waals surface area contributed by atoms with Gasteiger partial charge in [-0.3, -0.25) is 19.6 Å². The Labute approximate surface area is 177 Å². The van der Waals surface area contributed by atoms with Gasteiger partial charge in [-0.15, -0.1) is 12.4 Å². The number of halogens is 1. The van der Waals surface area contributed by atoms with Crippen molar-refractivity contribution in [2.45, 2.75) is 6.54 Å². The molecule has 0 atom stereocenters. The lowest BCUT2D eigenvalue weighted by Crippen LogP contribution is -2.23. The van der Waals surface area contributed by atoms with Gasteiger partial charge in [-0.05, 0) is 24.3 Å². The van der Waals surface area contributed by atoms with Crippen LogP contribution in [0, 0.1) is 0 Å². The third kappa shape index (κ3) is 3.46. The summed E-state index contributed by atoms with van der Waals surface area (Å²) >= 11 is 0. The fourth-order valence-corrected chi connectivity index (χ4v) is 3.80. The maximum absolute atomic E-state index is 12.6. The molecule has 0 unspecified atom stereocenters. The molecule has 0 aliphatic carbocycles. The maximum atomic E-state index is 12.6. The lowest BCUT2D eigenvalue weighted by Gasteiger charge is -2.08. The molecule has 0 spiro atoms. The molecule has 0 aliphatic heterocycles. The van der Waals surface area contributed by atoms with E-state index in [1.165, 1.54) is 12.1 Å². The van der Waals surface area contributed by atoms with Crippen LogP contribution >= 0.6 is 12.4 Å². The number of aliphatic hydroxyl groups excluding tert-OH is 1. The second-order valence-electron chi connectivity index (χ2n) is 6.82. The summed E-state index contributed by atoms with van der Waals surface area (Å²) in [6, 6.07) is 6.25. The molecule has 1 aromatic heterocycles. The highest BCUT2D eigenvalue weighted by molar-refractivity contribution is 6.23. The van der Waals surface area contributed by atoms with Gasteiger partial charge in [0.15, 0.2) is 5.43 Å². The number of aromatic hydroxyl groups is 2. The zero-order valence-corrected chi connectivity index (χ0v) is 17.0. The lowest BCUT2D eigenvalue weighted by molar-refractivity contribution is 0.291. The molecular weight excluding hydrogens is 410 g/mol. The maximum Gasteiger partial charge on any atom is 0.189 e. The number of benzene rings is 3. The van der Waals surface area contributed by atoms with Gasteiger partial charge in [-0.25, -0.2) is 0 Å². The minimum absolute atomic E-state index is 0. The predicted octanol–water partition coefficient (Wildman–Crippen LogP) is 0.348. The average molecular weight is 434 g/mol. The molecule has 0 amide bonds. The number of nitrogens with one attached hydrogen (secondary N) is 2. The first-order chi connectivity index (χ1) is 14.1. The Balaban J connectivity index is 0.00000256. The Morgan fingerprint density at radius 1 is 1.07 bits per heavy atom. The standard InChI is InChI=1S/C20H23N5O4.ClH/c21-5-6-23-11-1-2-12-16-15(11)20(29)18-14(28)4-3-13(27)17(18)19(16)24-25(12)9-7-22-8-10-26;/h1-4,22,24,26,28-29H,5-10,21H2;1H. The summed E-state index contributed by atoms with van der Waals surface area (Å²) in [5.74, 6) is -0.344. The molecule has 0 saturated carbocycles. The Hall–Kier alpha value is -2.85. The van der Waals surface area contributed by atoms with Gasteiger partial charge in [-0.2, -0.15) is 0 Å². The summed E-state index contributed by atoms with van der Waals surface area (Å²) in [5, 5.41) is 38.7. The highest BCUT2D eigenvalue weighted by Gasteiger charge is 2.21. The van der Waals surface area contributed by atoms with Gasteiger partial charge in [0.05, 0.1) is 52.2 Å². The number of hydrogen-bond acceptors (Lipinski definition) is 7. The molecule has 160 valence electrons. The Morgan fingerprint density at radius 2 is 1.87 bits per heavy atom. The second kappa shape index (κ2) is 8.88. The van der Waals surface area contributed by atoms with Crippen LogP contribution in [0.2, 0.25) is 0 Å². The van der Waals surface area contributed by atoms with Gasteiger partial charge in [0.1, 0.15) is 11.5 Å². The topological polar surface area (TPSA) is 149 Å². The van der Waals surface area contributed by atoms with Crippen LogP contribution in [0.3, 0.4) is 0 Å². The minimum atomic E-state index is -0.298. The molecule has 0 bridgehead atoms. The van der Waals surface area contributed by atoms with Crippen LogP contribution in [0.25, 0.3) is 32.6 Å². The monoisotopic (exact) mass is 433 g/mol. The Morgan fingerprint density at radius 3 is 2.60 bits per heavy atom. The first-order valence-corrected chi connectivity index (χ1v) is 9.46. The summed E-state index contributed by atoms with van der Waals surface area (Å²) in [7, 11) is 0. The van der Waals surface area contributed by atoms with Crippen LogP contribution < -0.4 is 21.8 Å². The molecule has 9 nitrogen and oxygen atoms in total. The van der Waals surface area contributed by atoms with Crippen molar-refractivity contribution < 1.29 is 15.3 Å². The first kappa shape index (κ1) is 21.8. The quantitative estimate of drug-likeness (QED) is 0.183. The second-order valence-corrected chi connectivity index (χ2v) is 6.82. The summed E-state index contributed by atoms with van der Waals surface area (Å²) in [6.07, 6.45) is 0. The SMILES string of the molecule is Cl.NCCN=c1ccc2c3c1c(O)c1c(O)ccc(=O)c1c3[nH]n2CCNCCO. The molecule has 0 aliphatic rings. The van der Waals surface area contributed by atoms with E-state index in [4.69, 9.17) is 10.8 Å². The first-order valence-electron chi connectivity index (χ1n) is 9.46. The highest BCUT2D eigenvalue weighted by atomic mass is 35.5. The van der Waals surface area contributed by atoms with E-state index in [1.54, 1.807) is 6.07 Å². The Kier molecular flexibility index (Phi) is 6.47. The molecule has 3 aromatic carbocycles. The lowest BCUT2D eigenvalue weighted by atomic mass is 9.99. The average Bonchev–Trinajstić information content (AvgIpc) is 3.08. The Bertz CT molecular complexity index is 1310. The van der Waals surface area contributed by atoms with E-state index in [1.807, 2.05) is 10.7 Å². The van der Waals surface area contributed by atoms with Crippen LogP contribution in [0.4, 0.5) is 0 Å². The van der Waals surface area contributed by atoms with E-state index in [9.17, 15) is 15.0 Å². The summed E-state index contributed by atoms with van der Waals surface area (Å²) < 4.78 is 1.87. The van der Waals surface area contributed by atoms with Crippen molar-refractivity contribution in [2.24, 2.45) is 10.7 Å². The molecular formula is C20H24ClN5O4. The number of nitrogens with two attached hydrogens (primary N) is 1. The number of phenols is 2. The molecule has 1 heterocycles. The minimum Gasteiger partial charge on any atom is -0.507 e. The van der Waals surface area contributed by atoms with E-state index < -0.39 is 0 Å². The van der Waals surface area contributed by atoms with Gasteiger partial charge in [-0.1, -0.05) is 0 Å². The number of nitrogens with zero attached hydrogens (tertiary/aromatic N) is 2. The van der Waals surface area contributed by atoms with Gasteiger partial charge < -0.3 is 26.4 Å². The smallest absolute Gasteiger partial charge is 0.189 e. The van der Waals surface area contributed by atoms with Crippen LogP contribution in [0.15, 0.2) is 34.1 Å². The number of H-pyrrole nitrogens is 1. The van der Waals surface area contributed by atoms with Crippen molar-refractivity contribution in [1.82, 2.24) is 15.1 Å². The van der Waals surface area contributed by atoms with Crippen LogP contribution in [0.5, 0.6) is 11.5 Å². The number of fused-ring (bicyclic) bond motifs is 2. The molecule has 0 fully saturated rings. The van der Waals surface area contributed by atoms with E-state index >= 15 is 0 Å². The van der Waals surface area contributed by atoms with Crippen LogP contribution in [0.1, 0.15) is 0 Å². The molecule has 30 heavy (non-hydrogen) atoms. The molecule has 4 rings (SSSR count). The molecule has 4 aromatic rings. The number of hydrogen-bond donors (Lipinski definition) is 6. The summed E-state index contributed by atoms with van der Waals surface area (Å²) in [5.41, 5.74) is 6.62. The van der Waals surface area contributed by atoms with Crippen molar-refractivity contribution in [3.8, 4) is 11.5 Å². The number of aliphatic hydroxyl groups is 1. The largest absolute Gasteiger partial charge is 0.507 e. The van der Waals surface area contributed by atoms with Crippen molar-refractivity contribution in [1.29, 1.82) is 0 Å². The number of aromatic nitrogens is 2. The van der Waals surface area contributed by atoms with Crippen LogP contribution in [-0.4, -0.2) is 57.9 Å². The van der Waals surface area contributed by atoms with Gasteiger partial charge in [0, 0.05) is 25.0 Å². The molecule has 0 saturated heterocycles. The van der Waals surface area contributed by atoms with E-state index in [-0.39, 0.29) is 46.7 Å². The van der Waals surface area contributed by atoms with Crippen molar-refractivity contribution >= 4 is 45.0 Å². The number of phenolic OH excluding ortho intramolecular Hbond substituents is 2. The third-order valence-electron chi connectivity index (χ3n) is 5.03. The van der Waals surface area contributed by atoms with E-state index in [0.717, 1.165) is 5.52 Å². The van der Waals surface area contributed by atoms with Crippen molar-refractivity contribution in [2.75, 3.05) is 32.8 Å². The van der Waals surface area contributed by atoms with Gasteiger partial charge in [0.25, 0.3) is 0 Å². The van der Waals surface area contributed by atoms with Crippen LogP contribution in [-0.2, 0) is 6.54 Å². The summed E-state index contributed by atoms with van der Waals surface area (Å²) in [4.78, 5) is 17.1. The van der Waals surface area contributed by atoms with Gasteiger partial charge >= 0.3 is 0 Å². The zero-order valence-electron chi connectivity index (χ0n) is 16.2. The third-order valence-corrected chi connectivity index (χ3v) is 5.03. The summed E-state index contributed by atoms with van der Waals surface area (Å²) in [6.45, 7) is 2.43.